The van der Waals surface area contributed by atoms with Gasteiger partial charge in [0.05, 0.1) is 11.1 Å². The molecule has 3 rings (SSSR count). The maximum Gasteiger partial charge on any atom is 0.261 e. The molecule has 4 amide bonds. The molecule has 1 heterocycles. The van der Waals surface area contributed by atoms with Crippen molar-refractivity contribution in [3.05, 3.63) is 70.8 Å². The van der Waals surface area contributed by atoms with Crippen LogP contribution in [-0.2, 0) is 16.1 Å². The third-order valence-corrected chi connectivity index (χ3v) is 6.64. The topological polar surface area (TPSA) is 86.8 Å². The van der Waals surface area contributed by atoms with Gasteiger partial charge in [-0.1, -0.05) is 50.2 Å². The first kappa shape index (κ1) is 26.1. The summed E-state index contributed by atoms with van der Waals surface area (Å²) >= 11 is 0. The predicted octanol–water partition coefficient (Wildman–Crippen LogP) is 4.09. The summed E-state index contributed by atoms with van der Waals surface area (Å²) < 4.78 is 0. The third kappa shape index (κ3) is 5.96. The molecule has 0 aliphatic carbocycles. The number of nitrogens with zero attached hydrogens (tertiary/aromatic N) is 2. The molecule has 2 aromatic rings. The molecule has 2 aromatic carbocycles. The van der Waals surface area contributed by atoms with Crippen LogP contribution in [0.1, 0.15) is 78.3 Å². The normalized spacial score (nSPS) is 14.5. The van der Waals surface area contributed by atoms with Gasteiger partial charge in [0.15, 0.2) is 0 Å². The van der Waals surface area contributed by atoms with E-state index >= 15 is 0 Å². The van der Waals surface area contributed by atoms with E-state index in [0.29, 0.717) is 30.5 Å². The van der Waals surface area contributed by atoms with Crippen molar-refractivity contribution < 1.29 is 19.2 Å². The van der Waals surface area contributed by atoms with E-state index in [1.165, 1.54) is 4.90 Å². The van der Waals surface area contributed by atoms with E-state index in [0.717, 1.165) is 17.5 Å². The zero-order chi connectivity index (χ0) is 25.5. The van der Waals surface area contributed by atoms with Gasteiger partial charge in [-0.15, -0.1) is 0 Å². The lowest BCUT2D eigenvalue weighted by Gasteiger charge is -2.32. The monoisotopic (exact) mass is 477 g/mol. The van der Waals surface area contributed by atoms with Crippen molar-refractivity contribution >= 4 is 23.6 Å². The Bertz CT molecular complexity index is 1060. The lowest BCUT2D eigenvalue weighted by Crippen LogP contribution is -2.50. The summed E-state index contributed by atoms with van der Waals surface area (Å²) in [5.41, 5.74) is 2.83. The summed E-state index contributed by atoms with van der Waals surface area (Å²) in [5, 5.41) is 3.01. The predicted molar refractivity (Wildman–Crippen MR) is 135 cm³/mol. The molecule has 2 unspecified atom stereocenters. The van der Waals surface area contributed by atoms with Crippen LogP contribution in [0.4, 0.5) is 0 Å². The molecule has 0 fully saturated rings. The molecule has 0 aromatic heterocycles. The van der Waals surface area contributed by atoms with Gasteiger partial charge in [-0.05, 0) is 56.4 Å². The SMILES string of the molecule is CCC(C)NC(=O)C(CC)N(Cc1ccccc1C)C(=O)CCCN1C(=O)c2ccccc2C1=O. The summed E-state index contributed by atoms with van der Waals surface area (Å²) in [7, 11) is 0. The van der Waals surface area contributed by atoms with Crippen LogP contribution >= 0.6 is 0 Å². The number of rotatable bonds is 11. The Balaban J connectivity index is 1.72. The van der Waals surface area contributed by atoms with Crippen molar-refractivity contribution in [2.45, 2.75) is 72.0 Å². The average Bonchev–Trinajstić information content (AvgIpc) is 3.09. The summed E-state index contributed by atoms with van der Waals surface area (Å²) in [6, 6.07) is 14.0. The smallest absolute Gasteiger partial charge is 0.261 e. The fourth-order valence-electron chi connectivity index (χ4n) is 4.31. The van der Waals surface area contributed by atoms with Gasteiger partial charge in [-0.3, -0.25) is 24.1 Å². The number of imide groups is 1. The molecule has 0 saturated heterocycles. The number of carbonyl (C=O) groups is 4. The first-order valence-corrected chi connectivity index (χ1v) is 12.4. The maximum atomic E-state index is 13.4. The standard InChI is InChI=1S/C28H35N3O4/c1-5-20(4)29-26(33)24(6-2)31(18-21-13-8-7-12-19(21)3)25(32)16-11-17-30-27(34)22-14-9-10-15-23(22)28(30)35/h7-10,12-15,20,24H,5-6,11,16-18H2,1-4H3,(H,29,33). The van der Waals surface area contributed by atoms with E-state index in [2.05, 4.69) is 5.32 Å². The van der Waals surface area contributed by atoms with Gasteiger partial charge < -0.3 is 10.2 Å². The number of amides is 4. The fourth-order valence-corrected chi connectivity index (χ4v) is 4.31. The van der Waals surface area contributed by atoms with Gasteiger partial charge >= 0.3 is 0 Å². The van der Waals surface area contributed by atoms with E-state index in [9.17, 15) is 19.2 Å². The van der Waals surface area contributed by atoms with Crippen LogP contribution < -0.4 is 5.32 Å². The van der Waals surface area contributed by atoms with Gasteiger partial charge in [0.25, 0.3) is 11.8 Å². The molecule has 1 aliphatic heterocycles. The van der Waals surface area contributed by atoms with Gasteiger partial charge in [0, 0.05) is 25.6 Å². The van der Waals surface area contributed by atoms with Gasteiger partial charge in [0.2, 0.25) is 11.8 Å². The quantitative estimate of drug-likeness (QED) is 0.494. The lowest BCUT2D eigenvalue weighted by molar-refractivity contribution is -0.141. The summed E-state index contributed by atoms with van der Waals surface area (Å²) in [6.45, 7) is 8.32. The minimum Gasteiger partial charge on any atom is -0.352 e. The van der Waals surface area contributed by atoms with Gasteiger partial charge in [-0.2, -0.15) is 0 Å². The Hall–Kier alpha value is -3.48. The van der Waals surface area contributed by atoms with Crippen LogP contribution in [0.15, 0.2) is 48.5 Å². The van der Waals surface area contributed by atoms with Crippen molar-refractivity contribution in [2.24, 2.45) is 0 Å². The zero-order valence-electron chi connectivity index (χ0n) is 21.0. The first-order valence-electron chi connectivity index (χ1n) is 12.4. The number of hydrogen-bond donors (Lipinski definition) is 1. The highest BCUT2D eigenvalue weighted by molar-refractivity contribution is 6.21. The molecule has 1 aliphatic rings. The second-order valence-electron chi connectivity index (χ2n) is 9.10. The van der Waals surface area contributed by atoms with Crippen LogP contribution in [0, 0.1) is 6.92 Å². The molecule has 1 N–H and O–H groups in total. The van der Waals surface area contributed by atoms with Crippen molar-refractivity contribution in [2.75, 3.05) is 6.54 Å². The number of benzene rings is 2. The molecule has 0 radical (unpaired) electrons. The lowest BCUT2D eigenvalue weighted by atomic mass is 10.0. The molecule has 7 nitrogen and oxygen atoms in total. The van der Waals surface area contributed by atoms with Crippen LogP contribution in [0.3, 0.4) is 0 Å². The molecular formula is C28H35N3O4. The second kappa shape index (κ2) is 11.8. The summed E-state index contributed by atoms with van der Waals surface area (Å²) in [4.78, 5) is 54.6. The van der Waals surface area contributed by atoms with Crippen molar-refractivity contribution in [1.82, 2.24) is 15.1 Å². The zero-order valence-corrected chi connectivity index (χ0v) is 21.0. The minimum absolute atomic E-state index is 0.0146. The first-order chi connectivity index (χ1) is 16.8. The van der Waals surface area contributed by atoms with Gasteiger partial charge in [0.1, 0.15) is 6.04 Å². The van der Waals surface area contributed by atoms with E-state index in [4.69, 9.17) is 0 Å². The van der Waals surface area contributed by atoms with E-state index in [1.807, 2.05) is 52.0 Å². The minimum atomic E-state index is -0.601. The van der Waals surface area contributed by atoms with E-state index < -0.39 is 6.04 Å². The highest BCUT2D eigenvalue weighted by Gasteiger charge is 2.35. The fraction of sp³-hybridized carbons (Fsp3) is 0.429. The van der Waals surface area contributed by atoms with Crippen molar-refractivity contribution in [3.63, 3.8) is 0 Å². The summed E-state index contributed by atoms with van der Waals surface area (Å²) in [5.74, 6) is -0.983. The molecule has 186 valence electrons. The summed E-state index contributed by atoms with van der Waals surface area (Å²) in [6.07, 6.45) is 1.75. The average molecular weight is 478 g/mol. The highest BCUT2D eigenvalue weighted by atomic mass is 16.2. The highest BCUT2D eigenvalue weighted by Crippen LogP contribution is 2.23. The Morgan fingerprint density at radius 3 is 2.11 bits per heavy atom. The third-order valence-electron chi connectivity index (χ3n) is 6.64. The Morgan fingerprint density at radius 1 is 0.943 bits per heavy atom. The number of aryl methyl sites for hydroxylation is 1. The van der Waals surface area contributed by atoms with Gasteiger partial charge in [-0.25, -0.2) is 0 Å². The Labute approximate surface area is 207 Å². The second-order valence-corrected chi connectivity index (χ2v) is 9.10. The van der Waals surface area contributed by atoms with Crippen molar-refractivity contribution in [1.29, 1.82) is 0 Å². The number of hydrogen-bond acceptors (Lipinski definition) is 4. The van der Waals surface area contributed by atoms with Crippen LogP contribution in [0.25, 0.3) is 0 Å². The molecule has 35 heavy (non-hydrogen) atoms. The number of nitrogens with one attached hydrogen (secondary N) is 1. The Kier molecular flexibility index (Phi) is 8.79. The molecular weight excluding hydrogens is 442 g/mol. The van der Waals surface area contributed by atoms with Crippen LogP contribution in [0.2, 0.25) is 0 Å². The van der Waals surface area contributed by atoms with E-state index in [-0.39, 0.29) is 42.6 Å². The molecule has 0 saturated carbocycles. The Morgan fingerprint density at radius 2 is 1.54 bits per heavy atom. The van der Waals surface area contributed by atoms with Crippen LogP contribution in [0.5, 0.6) is 0 Å². The molecule has 0 bridgehead atoms. The van der Waals surface area contributed by atoms with E-state index in [1.54, 1.807) is 29.2 Å². The number of carbonyl (C=O) groups excluding carboxylic acids is 4. The maximum absolute atomic E-state index is 13.4. The molecule has 7 heteroatoms. The molecule has 2 atom stereocenters. The molecule has 0 spiro atoms. The largest absolute Gasteiger partial charge is 0.352 e. The van der Waals surface area contributed by atoms with Crippen molar-refractivity contribution in [3.8, 4) is 0 Å². The van der Waals surface area contributed by atoms with Crippen LogP contribution in [-0.4, -0.2) is 52.1 Å². The number of fused-ring (bicyclic) bond motifs is 1.